The van der Waals surface area contributed by atoms with Gasteiger partial charge in [-0.25, -0.2) is 0 Å². The van der Waals surface area contributed by atoms with Crippen molar-refractivity contribution in [1.82, 2.24) is 0 Å². The Morgan fingerprint density at radius 2 is 0.286 bits per heavy atom. The maximum Gasteiger partial charge on any atom is 0 e. The second kappa shape index (κ2) is 31.2. The largest absolute Gasteiger partial charge is 0 e. The molecule has 0 aromatic heterocycles. The molecule has 0 unspecified atom stereocenters. The molecule has 8 heteroatoms. The van der Waals surface area contributed by atoms with Gasteiger partial charge in [0.25, 0.3) is 0 Å². The van der Waals surface area contributed by atoms with Crippen LogP contribution in [0.3, 0.4) is 0 Å². The van der Waals surface area contributed by atoms with Gasteiger partial charge in [-0.15, -0.1) is 0 Å². The molecule has 0 saturated heterocycles. The van der Waals surface area contributed by atoms with Gasteiger partial charge in [-0.2, -0.15) is 0 Å². The molecule has 0 bridgehead atoms. The maximum absolute atomic E-state index is 11.6. The van der Waals surface area contributed by atoms with E-state index in [1.54, 1.807) is 0 Å². The summed E-state index contributed by atoms with van der Waals surface area (Å²) >= 11 is 0. The Bertz CT molecular complexity index is 2330. The summed E-state index contributed by atoms with van der Waals surface area (Å²) in [6, 6.07) is 82.0. The molecule has 342 valence electrons. The van der Waals surface area contributed by atoms with E-state index in [1.165, 1.54) is 0 Å². The van der Waals surface area contributed by atoms with E-state index >= 15 is 0 Å². The minimum atomic E-state index is 0. The van der Waals surface area contributed by atoms with Crippen molar-refractivity contribution >= 4 is 0 Å². The van der Waals surface area contributed by atoms with Gasteiger partial charge in [0, 0.05) is 62.6 Å². The molecule has 0 amide bonds. The second-order valence-electron chi connectivity index (χ2n) is 14.6. The van der Waals surface area contributed by atoms with E-state index in [2.05, 4.69) is 124 Å². The maximum atomic E-state index is 11.6. The summed E-state index contributed by atoms with van der Waals surface area (Å²) in [7, 11) is 0. The zero-order valence-corrected chi connectivity index (χ0v) is 40.8. The molecule has 2 N–H and O–H groups in total. The van der Waals surface area contributed by atoms with E-state index in [4.69, 9.17) is 18.6 Å². The summed E-state index contributed by atoms with van der Waals surface area (Å²) < 4.78 is 30.0. The first-order valence-electron chi connectivity index (χ1n) is 21.0. The summed E-state index contributed by atoms with van der Waals surface area (Å²) in [6.07, 6.45) is 0.648. The van der Waals surface area contributed by atoms with Crippen LogP contribution in [0.5, 0.6) is 0 Å². The number of aliphatic hydroxyl groups excluding tert-OH is 2. The van der Waals surface area contributed by atoms with Crippen molar-refractivity contribution in [2.24, 2.45) is 0 Å². The van der Waals surface area contributed by atoms with Gasteiger partial charge in [0.2, 0.25) is 0 Å². The van der Waals surface area contributed by atoms with Crippen LogP contribution in [0, 0.1) is 86.2 Å². The molecular formula is C62H42O6Ru2. The van der Waals surface area contributed by atoms with Crippen molar-refractivity contribution in [3.8, 4) is 0 Å². The van der Waals surface area contributed by atoms with Gasteiger partial charge < -0.3 is 10.2 Å². The van der Waals surface area contributed by atoms with Crippen LogP contribution < -0.4 is 0 Å². The minimum absolute atomic E-state index is 0. The Kier molecular flexibility index (Phi) is 25.9. The SMILES string of the molecule is O[C]1[C](c2ccccc2)[C](c2ccccc2)[C](c2ccccc2)[C]1c1ccccc1.O[C]1[C](c2ccccc2)[C](c2ccccc2)[C](c2ccccc2)[C]1c1ccccc1.[C-]#[O+].[C-]#[O+].[C-]#[O+].[C-]#[O+].[Ru].[Ru]. The number of hydrogen-bond acceptors (Lipinski definition) is 2. The minimum Gasteiger partial charge on any atom is 0 e. The first-order chi connectivity index (χ1) is 33.7. The predicted octanol–water partition coefficient (Wildman–Crippen LogP) is 12.6. The van der Waals surface area contributed by atoms with Crippen molar-refractivity contribution in [2.75, 3.05) is 0 Å². The Morgan fingerprint density at radius 3 is 0.400 bits per heavy atom. The average Bonchev–Trinajstić information content (AvgIpc) is 3.93. The predicted molar refractivity (Wildman–Crippen MR) is 256 cm³/mol. The topological polar surface area (TPSA) is 120 Å². The van der Waals surface area contributed by atoms with Crippen molar-refractivity contribution in [1.29, 1.82) is 0 Å². The normalized spacial score (nSPS) is 14.5. The van der Waals surface area contributed by atoms with Crippen LogP contribution in [0.1, 0.15) is 44.5 Å². The van der Waals surface area contributed by atoms with Crippen LogP contribution in [0.25, 0.3) is 0 Å². The summed E-state index contributed by atoms with van der Waals surface area (Å²) in [5.41, 5.74) is 8.39. The fourth-order valence-corrected chi connectivity index (χ4v) is 8.34. The molecule has 6 nitrogen and oxygen atoms in total. The van der Waals surface area contributed by atoms with Crippen molar-refractivity contribution in [3.63, 3.8) is 0 Å². The van der Waals surface area contributed by atoms with Crippen molar-refractivity contribution in [3.05, 3.63) is 373 Å². The van der Waals surface area contributed by atoms with E-state index in [1.807, 2.05) is 146 Å². The monoisotopic (exact) mass is 1090 g/mol. The molecule has 8 aromatic carbocycles. The quantitative estimate of drug-likeness (QED) is 0.0895. The second-order valence-corrected chi connectivity index (χ2v) is 14.6. The Morgan fingerprint density at radius 1 is 0.186 bits per heavy atom. The van der Waals surface area contributed by atoms with E-state index in [0.717, 1.165) is 91.9 Å². The molecule has 2 aliphatic rings. The summed E-state index contributed by atoms with van der Waals surface area (Å²) in [6.45, 7) is 18.0. The van der Waals surface area contributed by atoms with Crippen LogP contribution in [0.15, 0.2) is 243 Å². The van der Waals surface area contributed by atoms with Crippen LogP contribution in [0.4, 0.5) is 0 Å². The molecule has 0 aliphatic heterocycles. The summed E-state index contributed by atoms with van der Waals surface area (Å²) in [4.78, 5) is 0. The van der Waals surface area contributed by atoms with Crippen molar-refractivity contribution in [2.45, 2.75) is 0 Å². The molecule has 0 spiro atoms. The third-order valence-corrected chi connectivity index (χ3v) is 10.9. The number of benzene rings is 8. The average molecular weight is 1090 g/mol. The van der Waals surface area contributed by atoms with E-state index in [0.29, 0.717) is 12.2 Å². The van der Waals surface area contributed by atoms with E-state index < -0.39 is 0 Å². The third kappa shape index (κ3) is 13.6. The Balaban J connectivity index is 0.000000317. The Labute approximate surface area is 438 Å². The first kappa shape index (κ1) is 58.2. The first-order valence-corrected chi connectivity index (χ1v) is 21.0. The van der Waals surface area contributed by atoms with Gasteiger partial charge in [-0.05, 0) is 44.5 Å². The van der Waals surface area contributed by atoms with Gasteiger partial charge >= 0.3 is 45.2 Å². The zero-order chi connectivity index (χ0) is 48.7. The molecule has 0 atom stereocenters. The van der Waals surface area contributed by atoms with Crippen LogP contribution >= 0.6 is 0 Å². The van der Waals surface area contributed by atoms with Gasteiger partial charge in [-0.3, -0.25) is 0 Å². The van der Waals surface area contributed by atoms with E-state index in [-0.39, 0.29) is 39.0 Å². The molecule has 8 aromatic rings. The summed E-state index contributed by atoms with van der Waals surface area (Å²) in [5.74, 6) is 7.74. The molecule has 2 aliphatic carbocycles. The smallest absolute Gasteiger partial charge is 0 e. The number of hydrogen-bond donors (Lipinski definition) is 2. The summed E-state index contributed by atoms with van der Waals surface area (Å²) in [5, 5.41) is 23.2. The van der Waals surface area contributed by atoms with Gasteiger partial charge in [0.1, 0.15) is 12.2 Å². The number of rotatable bonds is 8. The fourth-order valence-electron chi connectivity index (χ4n) is 8.34. The Hall–Kier alpha value is -6.11. The molecule has 10 rings (SSSR count). The molecule has 0 heterocycles. The van der Waals surface area contributed by atoms with Gasteiger partial charge in [-0.1, -0.05) is 243 Å². The van der Waals surface area contributed by atoms with Crippen LogP contribution in [-0.4, -0.2) is 10.2 Å². The third-order valence-electron chi connectivity index (χ3n) is 10.9. The molecule has 2 saturated carbocycles. The van der Waals surface area contributed by atoms with Crippen LogP contribution in [-0.2, 0) is 57.6 Å². The van der Waals surface area contributed by atoms with Crippen LogP contribution in [0.2, 0.25) is 0 Å². The van der Waals surface area contributed by atoms with E-state index in [9.17, 15) is 10.2 Å². The number of aliphatic hydroxyl groups is 2. The van der Waals surface area contributed by atoms with Crippen molar-refractivity contribution < 1.29 is 67.8 Å². The molecular weight excluding hydrogens is 1040 g/mol. The molecule has 70 heavy (non-hydrogen) atoms. The fraction of sp³-hybridized carbons (Fsp3) is 0. The zero-order valence-electron chi connectivity index (χ0n) is 37.3. The molecule has 10 radical (unpaired) electrons. The van der Waals surface area contributed by atoms with Gasteiger partial charge in [0.15, 0.2) is 0 Å². The standard InChI is InChI=1S/2C29H21O.4CO.2Ru/c2*30-29-27(23-17-9-3-10-18-23)25(21-13-5-1-6-14-21)26(22-15-7-2-8-16-22)28(29)24-19-11-4-12-20-24;4*1-2;;/h2*1-20,30H;;;;;;. The molecule has 2 fully saturated rings. The van der Waals surface area contributed by atoms with Gasteiger partial charge in [0.05, 0.1) is 23.7 Å².